The number of aromatic nitrogens is 2. The number of fused-ring (bicyclic) bond motifs is 1. The van der Waals surface area contributed by atoms with Crippen LogP contribution in [-0.4, -0.2) is 22.6 Å². The first-order valence-electron chi connectivity index (χ1n) is 6.77. The van der Waals surface area contributed by atoms with Gasteiger partial charge in [0.2, 0.25) is 0 Å². The Morgan fingerprint density at radius 1 is 1.37 bits per heavy atom. The third-order valence-corrected chi connectivity index (χ3v) is 4.18. The smallest absolute Gasteiger partial charge is 0.133 e. The van der Waals surface area contributed by atoms with Crippen LogP contribution in [0.4, 0.5) is 5.82 Å². The summed E-state index contributed by atoms with van der Waals surface area (Å²) in [7, 11) is 0. The zero-order valence-corrected chi connectivity index (χ0v) is 12.3. The Kier molecular flexibility index (Phi) is 3.51. The van der Waals surface area contributed by atoms with Crippen LogP contribution in [0.3, 0.4) is 0 Å². The van der Waals surface area contributed by atoms with Crippen LogP contribution in [0.1, 0.15) is 23.7 Å². The Balaban J connectivity index is 2.12. The fourth-order valence-corrected chi connectivity index (χ4v) is 3.19. The van der Waals surface area contributed by atoms with Crippen LogP contribution in [0.2, 0.25) is 0 Å². The minimum Gasteiger partial charge on any atom is -0.369 e. The summed E-state index contributed by atoms with van der Waals surface area (Å²) >= 11 is 1.84. The van der Waals surface area contributed by atoms with E-state index in [4.69, 9.17) is 5.10 Å². The van der Waals surface area contributed by atoms with Crippen LogP contribution >= 0.6 is 11.8 Å². The number of benzene rings is 1. The molecule has 0 bridgehead atoms. The molecule has 3 rings (SSSR count). The van der Waals surface area contributed by atoms with E-state index < -0.39 is 0 Å². The van der Waals surface area contributed by atoms with E-state index in [-0.39, 0.29) is 0 Å². The summed E-state index contributed by atoms with van der Waals surface area (Å²) in [5.41, 5.74) is 5.19. The van der Waals surface area contributed by atoms with Crippen molar-refractivity contribution >= 4 is 17.6 Å². The second-order valence-electron chi connectivity index (χ2n) is 4.78. The number of nitrogens with zero attached hydrogens (tertiary/aromatic N) is 2. The highest BCUT2D eigenvalue weighted by Gasteiger charge is 2.23. The molecule has 3 nitrogen and oxygen atoms in total. The van der Waals surface area contributed by atoms with E-state index >= 15 is 0 Å². The van der Waals surface area contributed by atoms with E-state index in [9.17, 15) is 0 Å². The fraction of sp³-hybridized carbons (Fsp3) is 0.400. The van der Waals surface area contributed by atoms with Crippen molar-refractivity contribution in [1.29, 1.82) is 0 Å². The van der Waals surface area contributed by atoms with Crippen molar-refractivity contribution in [3.05, 3.63) is 41.1 Å². The fourth-order valence-electron chi connectivity index (χ4n) is 2.69. The summed E-state index contributed by atoms with van der Waals surface area (Å²) in [5, 5.41) is 8.32. The van der Waals surface area contributed by atoms with Gasteiger partial charge in [-0.05, 0) is 30.7 Å². The Bertz CT molecular complexity index is 589. The zero-order valence-electron chi connectivity index (χ0n) is 11.4. The van der Waals surface area contributed by atoms with E-state index in [1.807, 2.05) is 11.8 Å². The molecule has 0 spiro atoms. The molecule has 1 aliphatic rings. The average molecular weight is 273 g/mol. The third-order valence-electron chi connectivity index (χ3n) is 3.62. The van der Waals surface area contributed by atoms with Gasteiger partial charge in [0.05, 0.1) is 11.4 Å². The van der Waals surface area contributed by atoms with E-state index in [0.717, 1.165) is 25.1 Å². The van der Waals surface area contributed by atoms with Crippen LogP contribution < -0.4 is 5.32 Å². The number of aryl methyl sites for hydroxylation is 1. The quantitative estimate of drug-likeness (QED) is 0.927. The van der Waals surface area contributed by atoms with Gasteiger partial charge in [0, 0.05) is 17.9 Å². The second kappa shape index (κ2) is 5.29. The van der Waals surface area contributed by atoms with Gasteiger partial charge < -0.3 is 5.32 Å². The summed E-state index contributed by atoms with van der Waals surface area (Å²) in [5.74, 6) is 2.19. The number of nitrogens with one attached hydrogen (secondary N) is 1. The molecule has 1 N–H and O–H groups in total. The van der Waals surface area contributed by atoms with E-state index in [1.165, 1.54) is 28.3 Å². The molecule has 1 aliphatic heterocycles. The first-order chi connectivity index (χ1) is 9.35. The number of rotatable bonds is 4. The molecule has 4 heteroatoms. The van der Waals surface area contributed by atoms with E-state index in [1.54, 1.807) is 0 Å². The van der Waals surface area contributed by atoms with Crippen molar-refractivity contribution in [2.75, 3.05) is 18.1 Å². The SMILES string of the molecule is CCc1ccccc1-n1nc(CSC)c2c1NCC2. The molecule has 1 aromatic heterocycles. The molecule has 2 aromatic rings. The van der Waals surface area contributed by atoms with Crippen molar-refractivity contribution in [2.45, 2.75) is 25.5 Å². The largest absolute Gasteiger partial charge is 0.369 e. The molecular weight excluding hydrogens is 254 g/mol. The zero-order chi connectivity index (χ0) is 13.2. The molecule has 0 amide bonds. The van der Waals surface area contributed by atoms with Crippen molar-refractivity contribution in [2.24, 2.45) is 0 Å². The normalized spacial score (nSPS) is 13.4. The van der Waals surface area contributed by atoms with Crippen LogP contribution in [0.25, 0.3) is 5.69 Å². The highest BCUT2D eigenvalue weighted by Crippen LogP contribution is 2.31. The minimum atomic E-state index is 0.991. The second-order valence-corrected chi connectivity index (χ2v) is 5.64. The summed E-state index contributed by atoms with van der Waals surface area (Å²) in [6.07, 6.45) is 4.26. The minimum absolute atomic E-state index is 0.991. The highest BCUT2D eigenvalue weighted by atomic mass is 32.2. The first kappa shape index (κ1) is 12.6. The van der Waals surface area contributed by atoms with Crippen LogP contribution in [0.5, 0.6) is 0 Å². The van der Waals surface area contributed by atoms with Gasteiger partial charge in [-0.1, -0.05) is 25.1 Å². The molecule has 0 atom stereocenters. The third kappa shape index (κ3) is 2.14. The maximum atomic E-state index is 4.83. The molecule has 100 valence electrons. The molecule has 19 heavy (non-hydrogen) atoms. The molecule has 2 heterocycles. The number of hydrogen-bond donors (Lipinski definition) is 1. The van der Waals surface area contributed by atoms with Crippen LogP contribution in [0.15, 0.2) is 24.3 Å². The van der Waals surface area contributed by atoms with Gasteiger partial charge >= 0.3 is 0 Å². The van der Waals surface area contributed by atoms with E-state index in [2.05, 4.69) is 47.4 Å². The van der Waals surface area contributed by atoms with Gasteiger partial charge in [0.1, 0.15) is 5.82 Å². The molecule has 0 fully saturated rings. The summed E-state index contributed by atoms with van der Waals surface area (Å²) in [6.45, 7) is 3.22. The van der Waals surface area contributed by atoms with Crippen LogP contribution in [0, 0.1) is 0 Å². The first-order valence-corrected chi connectivity index (χ1v) is 8.16. The van der Waals surface area contributed by atoms with Gasteiger partial charge in [0.25, 0.3) is 0 Å². The van der Waals surface area contributed by atoms with Crippen molar-refractivity contribution < 1.29 is 0 Å². The highest BCUT2D eigenvalue weighted by molar-refractivity contribution is 7.97. The number of anilines is 1. The average Bonchev–Trinajstić information content (AvgIpc) is 3.03. The number of hydrogen-bond acceptors (Lipinski definition) is 3. The van der Waals surface area contributed by atoms with Crippen molar-refractivity contribution in [3.63, 3.8) is 0 Å². The lowest BCUT2D eigenvalue weighted by Crippen LogP contribution is -2.06. The number of para-hydroxylation sites is 1. The lowest BCUT2D eigenvalue weighted by molar-refractivity contribution is 0.840. The summed E-state index contributed by atoms with van der Waals surface area (Å²) in [4.78, 5) is 0. The number of thioether (sulfide) groups is 1. The monoisotopic (exact) mass is 273 g/mol. The van der Waals surface area contributed by atoms with Crippen LogP contribution in [-0.2, 0) is 18.6 Å². The Hall–Kier alpha value is -1.42. The maximum Gasteiger partial charge on any atom is 0.133 e. The predicted octanol–water partition coefficient (Wildman–Crippen LogP) is 3.27. The topological polar surface area (TPSA) is 29.9 Å². The Labute approximate surface area is 118 Å². The standard InChI is InChI=1S/C15H19N3S/c1-3-11-6-4-5-7-14(11)18-15-12(8-9-16-15)13(17-18)10-19-2/h4-7,16H,3,8-10H2,1-2H3. The van der Waals surface area contributed by atoms with Gasteiger partial charge in [-0.3, -0.25) is 0 Å². The molecule has 0 aliphatic carbocycles. The lowest BCUT2D eigenvalue weighted by atomic mass is 10.1. The van der Waals surface area contributed by atoms with Gasteiger partial charge in [-0.15, -0.1) is 0 Å². The van der Waals surface area contributed by atoms with Gasteiger partial charge in [-0.25, -0.2) is 4.68 Å². The Morgan fingerprint density at radius 3 is 3.00 bits per heavy atom. The van der Waals surface area contributed by atoms with Crippen molar-refractivity contribution in [1.82, 2.24) is 9.78 Å². The summed E-state index contributed by atoms with van der Waals surface area (Å²) < 4.78 is 2.10. The molecule has 0 unspecified atom stereocenters. The molecule has 0 saturated heterocycles. The molecule has 0 radical (unpaired) electrons. The lowest BCUT2D eigenvalue weighted by Gasteiger charge is -2.10. The molecular formula is C15H19N3S. The van der Waals surface area contributed by atoms with Crippen molar-refractivity contribution in [3.8, 4) is 5.69 Å². The van der Waals surface area contributed by atoms with E-state index in [0.29, 0.717) is 0 Å². The molecule has 0 saturated carbocycles. The molecule has 1 aromatic carbocycles. The maximum absolute atomic E-state index is 4.83. The van der Waals surface area contributed by atoms with Gasteiger partial charge in [-0.2, -0.15) is 16.9 Å². The Morgan fingerprint density at radius 2 is 2.21 bits per heavy atom. The predicted molar refractivity (Wildman–Crippen MR) is 82.4 cm³/mol. The summed E-state index contributed by atoms with van der Waals surface area (Å²) in [6, 6.07) is 8.54. The van der Waals surface area contributed by atoms with Gasteiger partial charge in [0.15, 0.2) is 0 Å².